The molecule has 0 atom stereocenters. The smallest absolute Gasteiger partial charge is 0.261 e. The Bertz CT molecular complexity index is 3230. The van der Waals surface area contributed by atoms with Crippen LogP contribution in [0.1, 0.15) is 0 Å². The molecule has 0 amide bonds. The molecule has 4 heterocycles. The van der Waals surface area contributed by atoms with Gasteiger partial charge in [0.25, 0.3) is 20.2 Å². The van der Waals surface area contributed by atoms with E-state index in [0.717, 1.165) is 22.3 Å². The second-order valence-corrected chi connectivity index (χ2v) is 17.1. The quantitative estimate of drug-likeness (QED) is 0.0969. The van der Waals surface area contributed by atoms with Gasteiger partial charge < -0.3 is 43.9 Å². The second kappa shape index (κ2) is 22.0. The van der Waals surface area contributed by atoms with Gasteiger partial charge in [0, 0.05) is 36.3 Å². The predicted octanol–water partition coefficient (Wildman–Crippen LogP) is 1.71. The fourth-order valence-corrected chi connectivity index (χ4v) is 5.50. The number of nitrogens with two attached hydrogens (primary N) is 6. The molecule has 4 aromatic heterocycles. The third-order valence-corrected chi connectivity index (χ3v) is 8.49. The van der Waals surface area contributed by atoms with Crippen LogP contribution in [0.25, 0.3) is 45.0 Å². The fourth-order valence-electron chi connectivity index (χ4n) is 5.50. The van der Waals surface area contributed by atoms with Gasteiger partial charge in [0.1, 0.15) is 45.8 Å². The summed E-state index contributed by atoms with van der Waals surface area (Å²) in [5.74, 6) is 3.39. The summed E-state index contributed by atoms with van der Waals surface area (Å²) < 4.78 is 66.2. The molecule has 0 radical (unpaired) electrons. The topological polar surface area (TPSA) is 470 Å². The van der Waals surface area contributed by atoms with Gasteiger partial charge in [0.05, 0.1) is 12.5 Å². The number of anilines is 6. The highest BCUT2D eigenvalue weighted by Gasteiger charge is 2.12. The first-order valence-electron chi connectivity index (χ1n) is 19.5. The van der Waals surface area contributed by atoms with E-state index in [4.69, 9.17) is 63.8 Å². The Morgan fingerprint density at radius 2 is 0.657 bits per heavy atom. The lowest BCUT2D eigenvalue weighted by Gasteiger charge is -2.10. The lowest BCUT2D eigenvalue weighted by molar-refractivity contribution is 0.482. The van der Waals surface area contributed by atoms with E-state index in [1.807, 2.05) is 24.3 Å². The van der Waals surface area contributed by atoms with Crippen molar-refractivity contribution in [2.45, 2.75) is 0 Å². The van der Waals surface area contributed by atoms with Crippen LogP contribution in [0.15, 0.2) is 97.1 Å². The van der Waals surface area contributed by atoms with Crippen LogP contribution in [0.2, 0.25) is 0 Å². The Labute approximate surface area is 397 Å². The minimum atomic E-state index is -3.67. The normalized spacial score (nSPS) is 10.8. The standard InChI is InChI=1S/C20H20N10O.C18H16N10O.2CH4O3S/c1-29-19(23)25-17(21)15(27-29)11-3-7-13(8-4-11)31-14-9-5-12(6-10-14)16-18(22)26-20(24)30(2)28-16;19-15-13(25-27-17(21)23-15)9-1-5-11(6-2-9)29-12-7-3-10(4-8-12)14-16(20)24-18(22)28-26-14;2*1-5(2,3)4/h3-10H,1-2H3,(H3,21,23,25)(H3,22,24,26);1-8H,(H4,19,21,23,27)(H4,20,22,24,28);2*1H3,(H,2,3,4). The highest BCUT2D eigenvalue weighted by atomic mass is 32.2. The summed E-state index contributed by atoms with van der Waals surface area (Å²) in [5.41, 5.74) is 39.3. The van der Waals surface area contributed by atoms with Crippen LogP contribution in [-0.2, 0) is 34.3 Å². The predicted molar refractivity (Wildman–Crippen MR) is 257 cm³/mol. The number of aromatic nitrogens is 12. The fraction of sp³-hybridized carbons (Fsp3) is 0.100. The number of nitrogen functional groups attached to an aromatic ring is 6. The van der Waals surface area contributed by atoms with E-state index >= 15 is 0 Å². The molecule has 30 heteroatoms. The van der Waals surface area contributed by atoms with Crippen LogP contribution in [0.3, 0.4) is 0 Å². The number of hydrogen-bond acceptors (Lipinski definition) is 24. The molecule has 0 saturated carbocycles. The van der Waals surface area contributed by atoms with E-state index in [9.17, 15) is 16.8 Å². The zero-order valence-electron chi connectivity index (χ0n) is 37.2. The summed E-state index contributed by atoms with van der Waals surface area (Å²) >= 11 is 0. The third kappa shape index (κ3) is 15.4. The van der Waals surface area contributed by atoms with Gasteiger partial charge in [0.15, 0.2) is 23.3 Å². The lowest BCUT2D eigenvalue weighted by atomic mass is 10.1. The summed E-state index contributed by atoms with van der Waals surface area (Å²) in [7, 11) is -4.06. The van der Waals surface area contributed by atoms with Crippen molar-refractivity contribution in [1.82, 2.24) is 59.9 Å². The number of nitrogens with one attached hydrogen (secondary N) is 2. The highest BCUT2D eigenvalue weighted by molar-refractivity contribution is 7.85. The summed E-state index contributed by atoms with van der Waals surface area (Å²) in [6.45, 7) is 0. The Morgan fingerprint density at radius 1 is 0.429 bits per heavy atom. The molecule has 0 aliphatic carbocycles. The Hall–Kier alpha value is -9.26. The van der Waals surface area contributed by atoms with Gasteiger partial charge in [0.2, 0.25) is 23.1 Å². The second-order valence-electron chi connectivity index (χ2n) is 14.2. The van der Waals surface area contributed by atoms with E-state index in [1.165, 1.54) is 9.36 Å². The summed E-state index contributed by atoms with van der Waals surface area (Å²) in [4.78, 5) is 15.8. The van der Waals surface area contributed by atoms with Crippen molar-refractivity contribution in [1.29, 1.82) is 10.8 Å². The zero-order chi connectivity index (χ0) is 51.5. The van der Waals surface area contributed by atoms with Gasteiger partial charge in [-0.25, -0.2) is 9.36 Å². The van der Waals surface area contributed by atoms with Gasteiger partial charge in [-0.1, -0.05) is 0 Å². The molecule has 16 N–H and O–H groups in total. The molecule has 28 nitrogen and oxygen atoms in total. The minimum absolute atomic E-state index is 0.0122. The van der Waals surface area contributed by atoms with E-state index in [0.29, 0.717) is 58.3 Å². The van der Waals surface area contributed by atoms with Crippen LogP contribution < -0.4 is 55.1 Å². The molecule has 0 saturated heterocycles. The van der Waals surface area contributed by atoms with E-state index in [1.54, 1.807) is 86.9 Å². The van der Waals surface area contributed by atoms with Gasteiger partial charge in [-0.15, -0.1) is 20.4 Å². The number of hydrogen-bond donors (Lipinski definition) is 10. The van der Waals surface area contributed by atoms with Gasteiger partial charge in [-0.2, -0.15) is 47.0 Å². The molecule has 0 fully saturated rings. The van der Waals surface area contributed by atoms with Crippen molar-refractivity contribution in [3.8, 4) is 68.0 Å². The lowest BCUT2D eigenvalue weighted by Crippen LogP contribution is -2.24. The molecule has 364 valence electrons. The molecule has 70 heavy (non-hydrogen) atoms. The summed E-state index contributed by atoms with van der Waals surface area (Å²) in [5, 5.41) is 39.3. The largest absolute Gasteiger partial charge is 0.457 e. The van der Waals surface area contributed by atoms with Crippen LogP contribution in [0.5, 0.6) is 23.0 Å². The summed E-state index contributed by atoms with van der Waals surface area (Å²) in [6.07, 6.45) is 1.43. The zero-order valence-corrected chi connectivity index (χ0v) is 38.9. The summed E-state index contributed by atoms with van der Waals surface area (Å²) in [6, 6.07) is 28.9. The van der Waals surface area contributed by atoms with Gasteiger partial charge in [-0.05, 0) is 97.1 Å². The van der Waals surface area contributed by atoms with Crippen LogP contribution in [-0.4, -0.2) is 98.3 Å². The monoisotopic (exact) mass is 996 g/mol. The molecule has 0 aliphatic rings. The molecular formula is C40H44N20O8S2. The Morgan fingerprint density at radius 3 is 0.900 bits per heavy atom. The Balaban J connectivity index is 0.000000219. The Kier molecular flexibility index (Phi) is 16.3. The maximum absolute atomic E-state index is 9.19. The first kappa shape index (κ1) is 51.7. The van der Waals surface area contributed by atoms with E-state index in [2.05, 4.69) is 50.5 Å². The molecule has 0 aliphatic heterocycles. The van der Waals surface area contributed by atoms with E-state index < -0.39 is 20.2 Å². The minimum Gasteiger partial charge on any atom is -0.457 e. The van der Waals surface area contributed by atoms with Crippen molar-refractivity contribution in [2.75, 3.05) is 46.9 Å². The van der Waals surface area contributed by atoms with Gasteiger partial charge >= 0.3 is 0 Å². The van der Waals surface area contributed by atoms with Crippen molar-refractivity contribution >= 4 is 55.4 Å². The maximum Gasteiger partial charge on any atom is 0.261 e. The molecule has 0 unspecified atom stereocenters. The molecule has 4 aromatic carbocycles. The number of nitrogens with zero attached hydrogens (tertiary/aromatic N) is 12. The van der Waals surface area contributed by atoms with E-state index in [-0.39, 0.29) is 46.4 Å². The number of rotatable bonds is 8. The van der Waals surface area contributed by atoms with Gasteiger partial charge in [-0.3, -0.25) is 19.9 Å². The van der Waals surface area contributed by atoms with Crippen molar-refractivity contribution in [3.63, 3.8) is 0 Å². The average Bonchev–Trinajstić information content (AvgIpc) is 3.27. The molecule has 8 aromatic rings. The number of aryl methyl sites for hydroxylation is 2. The van der Waals surface area contributed by atoms with Crippen molar-refractivity contribution in [3.05, 3.63) is 108 Å². The SMILES string of the molecule is CS(=O)(=O)O.CS(=O)(=O)O.Cn1nc(-c2ccc(Oc3ccc(-c4nn(C)c(=N)nc4N)cc3)cc2)c(N)nc1=N.Nc1nnc(-c2ccc(Oc3ccc(-c4nnc(N)nc4N)cc3)cc2)c(N)n1. The molecule has 8 rings (SSSR count). The molecule has 0 spiro atoms. The maximum atomic E-state index is 9.19. The third-order valence-electron chi connectivity index (χ3n) is 8.49. The first-order chi connectivity index (χ1) is 32.8. The first-order valence-corrected chi connectivity index (χ1v) is 23.2. The number of benzene rings is 4. The van der Waals surface area contributed by atoms with Crippen molar-refractivity contribution in [2.24, 2.45) is 14.1 Å². The molecule has 0 bridgehead atoms. The number of ether oxygens (including phenoxy) is 2. The molecular weight excluding hydrogens is 953 g/mol. The van der Waals surface area contributed by atoms with Crippen molar-refractivity contribution < 1.29 is 35.4 Å². The van der Waals surface area contributed by atoms with Crippen LogP contribution in [0, 0.1) is 10.8 Å². The van der Waals surface area contributed by atoms with Crippen LogP contribution in [0.4, 0.5) is 35.2 Å². The highest BCUT2D eigenvalue weighted by Crippen LogP contribution is 2.31. The average molecular weight is 997 g/mol. The van der Waals surface area contributed by atoms with Crippen LogP contribution >= 0.6 is 0 Å².